The summed E-state index contributed by atoms with van der Waals surface area (Å²) < 4.78 is 21.6. The fraction of sp³-hybridized carbons (Fsp3) is 0.409. The van der Waals surface area contributed by atoms with Crippen molar-refractivity contribution < 1.29 is 49.3 Å². The summed E-state index contributed by atoms with van der Waals surface area (Å²) in [6.45, 7) is -0.595. The zero-order valence-electron chi connectivity index (χ0n) is 17.4. The molecule has 1 saturated heterocycles. The summed E-state index contributed by atoms with van der Waals surface area (Å²) in [5, 5.41) is 60.2. The standard InChI is InChI=1S/C22H24O11/c1-30-11-6-12(24)17-13(25)8-16(32-14(17)7-11)22(29)4-2-10(3-5-22)31-21-20(28)19(27)18(26)15(9-23)33-21/h2-8,10,15,18-21,23-24,26-29H,9H2,1H3/t10?,15-,18-,19+,20-,21+,22?/m1/s1. The number of aromatic hydroxyl groups is 1. The van der Waals surface area contributed by atoms with Gasteiger partial charge in [0.05, 0.1) is 19.8 Å². The van der Waals surface area contributed by atoms with Gasteiger partial charge in [-0.1, -0.05) is 12.2 Å². The molecule has 2 aromatic rings. The van der Waals surface area contributed by atoms with Crippen LogP contribution in [-0.4, -0.2) is 81.2 Å². The molecule has 0 unspecified atom stereocenters. The van der Waals surface area contributed by atoms with Crippen molar-refractivity contribution in [2.24, 2.45) is 0 Å². The summed E-state index contributed by atoms with van der Waals surface area (Å²) in [7, 11) is 1.39. The second-order valence-corrected chi connectivity index (χ2v) is 7.84. The van der Waals surface area contributed by atoms with E-state index < -0.39 is 54.4 Å². The summed E-state index contributed by atoms with van der Waals surface area (Å²) in [5.41, 5.74) is -2.37. The number of phenols is 1. The van der Waals surface area contributed by atoms with Crippen molar-refractivity contribution in [3.05, 3.63) is 58.5 Å². The van der Waals surface area contributed by atoms with Crippen LogP contribution in [0.2, 0.25) is 0 Å². The minimum atomic E-state index is -1.82. The molecule has 1 aromatic heterocycles. The predicted octanol–water partition coefficient (Wildman–Crippen LogP) is -0.994. The van der Waals surface area contributed by atoms with E-state index in [0.717, 1.165) is 6.07 Å². The van der Waals surface area contributed by atoms with E-state index in [2.05, 4.69) is 0 Å². The van der Waals surface area contributed by atoms with Gasteiger partial charge in [0.2, 0.25) is 0 Å². The maximum atomic E-state index is 12.5. The number of hydrogen-bond donors (Lipinski definition) is 6. The van der Waals surface area contributed by atoms with Crippen LogP contribution in [0.3, 0.4) is 0 Å². The van der Waals surface area contributed by atoms with E-state index in [4.69, 9.17) is 18.6 Å². The molecule has 6 N–H and O–H groups in total. The van der Waals surface area contributed by atoms with Crippen molar-refractivity contribution in [1.29, 1.82) is 0 Å². The number of hydrogen-bond acceptors (Lipinski definition) is 11. The minimum Gasteiger partial charge on any atom is -0.507 e. The maximum absolute atomic E-state index is 12.5. The van der Waals surface area contributed by atoms with Gasteiger partial charge in [-0.3, -0.25) is 4.79 Å². The first kappa shape index (κ1) is 23.4. The van der Waals surface area contributed by atoms with Crippen molar-refractivity contribution >= 4 is 11.0 Å². The molecule has 0 spiro atoms. The van der Waals surface area contributed by atoms with E-state index >= 15 is 0 Å². The predicted molar refractivity (Wildman–Crippen MR) is 112 cm³/mol. The third-order valence-corrected chi connectivity index (χ3v) is 5.63. The van der Waals surface area contributed by atoms with E-state index in [1.807, 2.05) is 0 Å². The second kappa shape index (κ2) is 8.88. The van der Waals surface area contributed by atoms with Gasteiger partial charge in [-0.05, 0) is 12.2 Å². The number of fused-ring (bicyclic) bond motifs is 1. The molecular weight excluding hydrogens is 440 g/mol. The van der Waals surface area contributed by atoms with Gasteiger partial charge in [0.25, 0.3) is 0 Å². The Morgan fingerprint density at radius 2 is 1.76 bits per heavy atom. The van der Waals surface area contributed by atoms with Gasteiger partial charge in [-0.2, -0.15) is 0 Å². The van der Waals surface area contributed by atoms with E-state index in [1.165, 1.54) is 43.5 Å². The Bertz CT molecular complexity index is 1120. The maximum Gasteiger partial charge on any atom is 0.196 e. The number of ether oxygens (including phenoxy) is 3. The van der Waals surface area contributed by atoms with Crippen molar-refractivity contribution in [3.63, 3.8) is 0 Å². The van der Waals surface area contributed by atoms with E-state index in [1.54, 1.807) is 0 Å². The fourth-order valence-corrected chi connectivity index (χ4v) is 3.75. The molecule has 0 bridgehead atoms. The lowest BCUT2D eigenvalue weighted by atomic mass is 9.93. The van der Waals surface area contributed by atoms with Crippen LogP contribution in [0.4, 0.5) is 0 Å². The van der Waals surface area contributed by atoms with Crippen LogP contribution in [0, 0.1) is 0 Å². The quantitative estimate of drug-likeness (QED) is 0.299. The van der Waals surface area contributed by atoms with Crippen LogP contribution in [0.15, 0.2) is 51.7 Å². The van der Waals surface area contributed by atoms with Crippen LogP contribution >= 0.6 is 0 Å². The van der Waals surface area contributed by atoms with Gasteiger partial charge in [-0.15, -0.1) is 0 Å². The highest BCUT2D eigenvalue weighted by atomic mass is 16.7. The molecule has 0 saturated carbocycles. The SMILES string of the molecule is COc1cc(O)c2c(=O)cc(C3(O)C=CC(O[C@H]4O[C@H](CO)[C@@H](O)[C@H](O)[C@H]4O)C=C3)oc2c1. The van der Waals surface area contributed by atoms with Gasteiger partial charge in [0.15, 0.2) is 17.3 Å². The summed E-state index contributed by atoms with van der Waals surface area (Å²) in [6, 6.07) is 3.74. The summed E-state index contributed by atoms with van der Waals surface area (Å²) in [4.78, 5) is 12.5. The highest BCUT2D eigenvalue weighted by molar-refractivity contribution is 5.84. The minimum absolute atomic E-state index is 0.0178. The van der Waals surface area contributed by atoms with Crippen LogP contribution in [0.25, 0.3) is 11.0 Å². The lowest BCUT2D eigenvalue weighted by molar-refractivity contribution is -0.304. The molecule has 11 nitrogen and oxygen atoms in total. The molecule has 11 heteroatoms. The molecular formula is C22H24O11. The lowest BCUT2D eigenvalue weighted by Gasteiger charge is -2.40. The van der Waals surface area contributed by atoms with Gasteiger partial charge < -0.3 is 49.3 Å². The summed E-state index contributed by atoms with van der Waals surface area (Å²) >= 11 is 0. The zero-order valence-corrected chi connectivity index (χ0v) is 17.4. The number of benzene rings is 1. The first-order valence-electron chi connectivity index (χ1n) is 10.1. The highest BCUT2D eigenvalue weighted by Gasteiger charge is 2.45. The second-order valence-electron chi connectivity index (χ2n) is 7.84. The van der Waals surface area contributed by atoms with Gasteiger partial charge in [0.1, 0.15) is 52.6 Å². The third-order valence-electron chi connectivity index (χ3n) is 5.63. The molecule has 2 heterocycles. The molecule has 1 aromatic carbocycles. The smallest absolute Gasteiger partial charge is 0.196 e. The summed E-state index contributed by atoms with van der Waals surface area (Å²) in [5.74, 6) is -0.180. The van der Waals surface area contributed by atoms with E-state index in [0.29, 0.717) is 0 Å². The number of rotatable bonds is 5. The third kappa shape index (κ3) is 4.27. The highest BCUT2D eigenvalue weighted by Crippen LogP contribution is 2.34. The number of aliphatic hydroxyl groups excluding tert-OH is 4. The van der Waals surface area contributed by atoms with Crippen LogP contribution in [0.1, 0.15) is 5.76 Å². The Morgan fingerprint density at radius 1 is 1.06 bits per heavy atom. The molecule has 2 aliphatic rings. The van der Waals surface area contributed by atoms with Crippen molar-refractivity contribution in [1.82, 2.24) is 0 Å². The fourth-order valence-electron chi connectivity index (χ4n) is 3.75. The first-order valence-corrected chi connectivity index (χ1v) is 10.1. The topological polar surface area (TPSA) is 179 Å². The number of aliphatic hydroxyl groups is 5. The van der Waals surface area contributed by atoms with E-state index in [-0.39, 0.29) is 28.2 Å². The average molecular weight is 464 g/mol. The molecule has 0 radical (unpaired) electrons. The molecule has 1 fully saturated rings. The van der Waals surface area contributed by atoms with Crippen molar-refractivity contribution in [2.45, 2.75) is 42.4 Å². The monoisotopic (exact) mass is 464 g/mol. The molecule has 1 aliphatic heterocycles. The van der Waals surface area contributed by atoms with Crippen molar-refractivity contribution in [2.75, 3.05) is 13.7 Å². The first-order chi connectivity index (χ1) is 15.7. The Balaban J connectivity index is 1.56. The van der Waals surface area contributed by atoms with Crippen molar-refractivity contribution in [3.8, 4) is 11.5 Å². The Kier molecular flexibility index (Phi) is 6.29. The number of phenolic OH excluding ortho intramolecular Hbond substituents is 1. The zero-order chi connectivity index (χ0) is 23.9. The summed E-state index contributed by atoms with van der Waals surface area (Å²) in [6.07, 6.45) is -2.56. The van der Waals surface area contributed by atoms with Gasteiger partial charge in [-0.25, -0.2) is 0 Å². The Hall–Kier alpha value is -2.77. The molecule has 0 amide bonds. The van der Waals surface area contributed by atoms with E-state index in [9.17, 15) is 35.4 Å². The Labute approximate surface area is 187 Å². The Morgan fingerprint density at radius 3 is 2.39 bits per heavy atom. The van der Waals surface area contributed by atoms with Gasteiger partial charge >= 0.3 is 0 Å². The molecule has 1 aliphatic carbocycles. The van der Waals surface area contributed by atoms with Crippen LogP contribution < -0.4 is 10.2 Å². The average Bonchev–Trinajstić information content (AvgIpc) is 2.80. The molecule has 4 rings (SSSR count). The largest absolute Gasteiger partial charge is 0.507 e. The molecule has 33 heavy (non-hydrogen) atoms. The lowest BCUT2D eigenvalue weighted by Crippen LogP contribution is -2.59. The normalized spacial score (nSPS) is 34.0. The van der Waals surface area contributed by atoms with Crippen LogP contribution in [0.5, 0.6) is 11.5 Å². The molecule has 5 atom stereocenters. The number of methoxy groups -OCH3 is 1. The van der Waals surface area contributed by atoms with Crippen LogP contribution in [-0.2, 0) is 15.1 Å². The molecule has 178 valence electrons. The van der Waals surface area contributed by atoms with Gasteiger partial charge in [0, 0.05) is 18.2 Å².